The second-order valence-corrected chi connectivity index (χ2v) is 3.20. The zero-order valence-electron chi connectivity index (χ0n) is 7.99. The Kier molecular flexibility index (Phi) is 2.28. The average Bonchev–Trinajstić information content (AvgIpc) is 2.27. The van der Waals surface area contributed by atoms with Gasteiger partial charge in [-0.3, -0.25) is 0 Å². The molecule has 0 radical (unpaired) electrons. The maximum Gasteiger partial charge on any atom is 0.165 e. The van der Waals surface area contributed by atoms with E-state index in [1.165, 1.54) is 0 Å². The second kappa shape index (κ2) is 3.59. The van der Waals surface area contributed by atoms with Crippen molar-refractivity contribution >= 4 is 0 Å². The van der Waals surface area contributed by atoms with Crippen LogP contribution in [-0.4, -0.2) is 13.7 Å². The van der Waals surface area contributed by atoms with Crippen LogP contribution in [0.25, 0.3) is 0 Å². The molecule has 1 atom stereocenters. The number of benzene rings is 1. The first-order valence-electron chi connectivity index (χ1n) is 4.56. The first-order chi connectivity index (χ1) is 6.86. The summed E-state index contributed by atoms with van der Waals surface area (Å²) in [5.41, 5.74) is 0.943. The number of hydrogen-bond donors (Lipinski definition) is 0. The van der Waals surface area contributed by atoms with Gasteiger partial charge in [0.15, 0.2) is 11.5 Å². The first-order valence-corrected chi connectivity index (χ1v) is 4.56. The molecule has 0 aromatic heterocycles. The molecule has 3 nitrogen and oxygen atoms in total. The Labute approximate surface area is 82.9 Å². The maximum absolute atomic E-state index is 8.96. The minimum absolute atomic E-state index is 0.0613. The summed E-state index contributed by atoms with van der Waals surface area (Å²) in [7, 11) is 1.61. The van der Waals surface area contributed by atoms with Crippen LogP contribution >= 0.6 is 0 Å². The molecule has 0 bridgehead atoms. The Hall–Kier alpha value is -1.69. The molecule has 2 rings (SSSR count). The molecule has 0 spiro atoms. The summed E-state index contributed by atoms with van der Waals surface area (Å²) in [4.78, 5) is 0. The fourth-order valence-electron chi connectivity index (χ4n) is 1.69. The van der Waals surface area contributed by atoms with Crippen LogP contribution in [0.4, 0.5) is 0 Å². The summed E-state index contributed by atoms with van der Waals surface area (Å²) in [5, 5.41) is 8.96. The molecular weight excluding hydrogens is 178 g/mol. The standard InChI is InChI=1S/C11H11NO2/c1-13-10-4-2-3-9-8(7-12)5-6-14-11(9)10/h2-4,8H,5-6H2,1H3/t8-/m1/s1. The topological polar surface area (TPSA) is 42.2 Å². The first kappa shape index (κ1) is 8.89. The van der Waals surface area contributed by atoms with Crippen LogP contribution in [0, 0.1) is 11.3 Å². The van der Waals surface area contributed by atoms with Crippen molar-refractivity contribution in [2.45, 2.75) is 12.3 Å². The molecule has 0 unspecified atom stereocenters. The molecule has 0 fully saturated rings. The summed E-state index contributed by atoms with van der Waals surface area (Å²) in [6.07, 6.45) is 0.761. The van der Waals surface area contributed by atoms with Crippen molar-refractivity contribution < 1.29 is 9.47 Å². The number of nitrogens with zero attached hydrogens (tertiary/aromatic N) is 1. The molecular formula is C11H11NO2. The molecule has 0 aliphatic carbocycles. The number of hydrogen-bond acceptors (Lipinski definition) is 3. The third-order valence-electron chi connectivity index (χ3n) is 2.41. The Morgan fingerprint density at radius 2 is 2.43 bits per heavy atom. The summed E-state index contributed by atoms with van der Waals surface area (Å²) in [6, 6.07) is 7.93. The van der Waals surface area contributed by atoms with E-state index in [4.69, 9.17) is 14.7 Å². The van der Waals surface area contributed by atoms with Crippen molar-refractivity contribution in [3.63, 3.8) is 0 Å². The predicted octanol–water partition coefficient (Wildman–Crippen LogP) is 2.08. The van der Waals surface area contributed by atoms with Crippen molar-refractivity contribution in [2.75, 3.05) is 13.7 Å². The van der Waals surface area contributed by atoms with Crippen LogP contribution < -0.4 is 9.47 Å². The third kappa shape index (κ3) is 1.29. The molecule has 1 heterocycles. The fourth-order valence-corrected chi connectivity index (χ4v) is 1.69. The zero-order valence-corrected chi connectivity index (χ0v) is 7.99. The number of methoxy groups -OCH3 is 1. The van der Waals surface area contributed by atoms with Gasteiger partial charge in [0.25, 0.3) is 0 Å². The molecule has 0 saturated carbocycles. The Morgan fingerprint density at radius 3 is 3.14 bits per heavy atom. The zero-order chi connectivity index (χ0) is 9.97. The molecule has 1 aromatic carbocycles. The number of nitriles is 1. The molecule has 14 heavy (non-hydrogen) atoms. The molecule has 0 saturated heterocycles. The molecule has 1 aromatic rings. The van der Waals surface area contributed by atoms with Gasteiger partial charge in [-0.25, -0.2) is 0 Å². The Balaban J connectivity index is 2.50. The van der Waals surface area contributed by atoms with E-state index >= 15 is 0 Å². The minimum atomic E-state index is -0.0613. The van der Waals surface area contributed by atoms with Crippen molar-refractivity contribution in [3.8, 4) is 17.6 Å². The van der Waals surface area contributed by atoms with Crippen molar-refractivity contribution in [3.05, 3.63) is 23.8 Å². The van der Waals surface area contributed by atoms with Gasteiger partial charge in [0.05, 0.1) is 25.7 Å². The van der Waals surface area contributed by atoms with Gasteiger partial charge in [-0.1, -0.05) is 12.1 Å². The van der Waals surface area contributed by atoms with Gasteiger partial charge < -0.3 is 9.47 Å². The fraction of sp³-hybridized carbons (Fsp3) is 0.364. The molecule has 3 heteroatoms. The van der Waals surface area contributed by atoms with Crippen LogP contribution in [0.1, 0.15) is 17.9 Å². The van der Waals surface area contributed by atoms with Crippen molar-refractivity contribution in [2.24, 2.45) is 0 Å². The van der Waals surface area contributed by atoms with E-state index in [9.17, 15) is 0 Å². The largest absolute Gasteiger partial charge is 0.493 e. The molecule has 0 amide bonds. The van der Waals surface area contributed by atoms with E-state index in [2.05, 4.69) is 6.07 Å². The summed E-state index contributed by atoms with van der Waals surface area (Å²) in [5.74, 6) is 1.38. The summed E-state index contributed by atoms with van der Waals surface area (Å²) >= 11 is 0. The highest BCUT2D eigenvalue weighted by molar-refractivity contribution is 5.50. The number of fused-ring (bicyclic) bond motifs is 1. The van der Waals surface area contributed by atoms with Gasteiger partial charge in [-0.2, -0.15) is 5.26 Å². The van der Waals surface area contributed by atoms with Gasteiger partial charge in [0.1, 0.15) is 0 Å². The van der Waals surface area contributed by atoms with Gasteiger partial charge in [0, 0.05) is 12.0 Å². The van der Waals surface area contributed by atoms with Gasteiger partial charge >= 0.3 is 0 Å². The number of ether oxygens (including phenoxy) is 2. The van der Waals surface area contributed by atoms with E-state index in [1.807, 2.05) is 18.2 Å². The highest BCUT2D eigenvalue weighted by Crippen LogP contribution is 2.39. The van der Waals surface area contributed by atoms with Crippen LogP contribution in [0.15, 0.2) is 18.2 Å². The highest BCUT2D eigenvalue weighted by Gasteiger charge is 2.23. The van der Waals surface area contributed by atoms with E-state index in [0.29, 0.717) is 12.4 Å². The Bertz CT molecular complexity index is 381. The number of rotatable bonds is 1. The van der Waals surface area contributed by atoms with Crippen LogP contribution in [0.5, 0.6) is 11.5 Å². The van der Waals surface area contributed by atoms with Gasteiger partial charge in [-0.05, 0) is 6.07 Å². The molecule has 1 aliphatic rings. The van der Waals surface area contributed by atoms with E-state index in [-0.39, 0.29) is 5.92 Å². The van der Waals surface area contributed by atoms with Crippen molar-refractivity contribution in [1.82, 2.24) is 0 Å². The van der Waals surface area contributed by atoms with Crippen molar-refractivity contribution in [1.29, 1.82) is 5.26 Å². The predicted molar refractivity (Wildman–Crippen MR) is 51.5 cm³/mol. The molecule has 0 N–H and O–H groups in total. The number of para-hydroxylation sites is 1. The van der Waals surface area contributed by atoms with Gasteiger partial charge in [-0.15, -0.1) is 0 Å². The Morgan fingerprint density at radius 1 is 1.57 bits per heavy atom. The molecule has 1 aliphatic heterocycles. The average molecular weight is 189 g/mol. The van der Waals surface area contributed by atoms with E-state index in [0.717, 1.165) is 17.7 Å². The summed E-state index contributed by atoms with van der Waals surface area (Å²) < 4.78 is 10.7. The van der Waals surface area contributed by atoms with Crippen LogP contribution in [0.2, 0.25) is 0 Å². The lowest BCUT2D eigenvalue weighted by atomic mass is 9.94. The maximum atomic E-state index is 8.96. The smallest absolute Gasteiger partial charge is 0.165 e. The lowest BCUT2D eigenvalue weighted by Gasteiger charge is -2.22. The quantitative estimate of drug-likeness (QED) is 0.679. The van der Waals surface area contributed by atoms with Gasteiger partial charge in [0.2, 0.25) is 0 Å². The highest BCUT2D eigenvalue weighted by atomic mass is 16.5. The van der Waals surface area contributed by atoms with E-state index in [1.54, 1.807) is 7.11 Å². The van der Waals surface area contributed by atoms with Crippen LogP contribution in [-0.2, 0) is 0 Å². The SMILES string of the molecule is COc1cccc2c1OCC[C@@H]2C#N. The lowest BCUT2D eigenvalue weighted by molar-refractivity contribution is 0.262. The lowest BCUT2D eigenvalue weighted by Crippen LogP contribution is -2.13. The van der Waals surface area contributed by atoms with E-state index < -0.39 is 0 Å². The normalized spacial score (nSPS) is 19.0. The monoisotopic (exact) mass is 189 g/mol. The third-order valence-corrected chi connectivity index (χ3v) is 2.41. The molecule has 72 valence electrons. The minimum Gasteiger partial charge on any atom is -0.493 e. The summed E-state index contributed by atoms with van der Waals surface area (Å²) in [6.45, 7) is 0.589. The second-order valence-electron chi connectivity index (χ2n) is 3.20. The van der Waals surface area contributed by atoms with Crippen LogP contribution in [0.3, 0.4) is 0 Å².